The molecule has 3 aromatic rings. The fraction of sp³-hybridized carbons (Fsp3) is 0.0435. The smallest absolute Gasteiger partial charge is 0.283 e. The Labute approximate surface area is 203 Å². The van der Waals surface area contributed by atoms with E-state index in [0.29, 0.717) is 26.5 Å². The highest BCUT2D eigenvalue weighted by Gasteiger charge is 2.41. The Morgan fingerprint density at radius 3 is 2.03 bits per heavy atom. The SMILES string of the molecule is COc1ccc(Cl)cc1N1C(=O)C(Nc2ccc(Cl)cc2)=C(Sc2ccc(Cl)cc2)C1=O. The quantitative estimate of drug-likeness (QED) is 0.380. The van der Waals surface area contributed by atoms with E-state index in [1.165, 1.54) is 13.2 Å². The maximum absolute atomic E-state index is 13.5. The second-order valence-electron chi connectivity index (χ2n) is 6.65. The zero-order chi connectivity index (χ0) is 22.8. The van der Waals surface area contributed by atoms with Gasteiger partial charge in [-0.15, -0.1) is 0 Å². The maximum Gasteiger partial charge on any atom is 0.283 e. The van der Waals surface area contributed by atoms with Crippen LogP contribution in [0.2, 0.25) is 15.1 Å². The van der Waals surface area contributed by atoms with E-state index in [9.17, 15) is 9.59 Å². The molecule has 0 atom stereocenters. The van der Waals surface area contributed by atoms with Crippen molar-refractivity contribution in [1.29, 1.82) is 0 Å². The number of hydrogen-bond donors (Lipinski definition) is 1. The van der Waals surface area contributed by atoms with Gasteiger partial charge < -0.3 is 10.1 Å². The lowest BCUT2D eigenvalue weighted by molar-refractivity contribution is -0.120. The predicted molar refractivity (Wildman–Crippen MR) is 130 cm³/mol. The van der Waals surface area contributed by atoms with Crippen molar-refractivity contribution < 1.29 is 14.3 Å². The van der Waals surface area contributed by atoms with E-state index in [1.54, 1.807) is 60.7 Å². The van der Waals surface area contributed by atoms with Crippen LogP contribution in [0.3, 0.4) is 0 Å². The van der Waals surface area contributed by atoms with Gasteiger partial charge in [-0.3, -0.25) is 9.59 Å². The van der Waals surface area contributed by atoms with E-state index in [-0.39, 0.29) is 16.3 Å². The summed E-state index contributed by atoms with van der Waals surface area (Å²) >= 11 is 19.3. The van der Waals surface area contributed by atoms with Gasteiger partial charge in [-0.25, -0.2) is 4.90 Å². The highest BCUT2D eigenvalue weighted by atomic mass is 35.5. The Hall–Kier alpha value is -2.64. The number of halogens is 3. The molecule has 0 unspecified atom stereocenters. The molecule has 3 aromatic carbocycles. The molecule has 0 saturated heterocycles. The molecule has 0 bridgehead atoms. The molecular weight excluding hydrogens is 491 g/mol. The maximum atomic E-state index is 13.5. The fourth-order valence-corrected chi connectivity index (χ4v) is 4.41. The molecule has 0 radical (unpaired) electrons. The first-order chi connectivity index (χ1) is 15.4. The molecule has 2 amide bonds. The molecule has 5 nitrogen and oxygen atoms in total. The van der Waals surface area contributed by atoms with Crippen LogP contribution >= 0.6 is 46.6 Å². The Kier molecular flexibility index (Phi) is 6.67. The van der Waals surface area contributed by atoms with E-state index in [1.807, 2.05) is 0 Å². The molecule has 1 N–H and O–H groups in total. The summed E-state index contributed by atoms with van der Waals surface area (Å²) in [5.41, 5.74) is 1.01. The standard InChI is InChI=1S/C23H15Cl3N2O3S/c1-31-19-11-6-15(26)12-18(19)28-22(29)20(27-16-7-2-13(24)3-8-16)21(23(28)30)32-17-9-4-14(25)5-10-17/h2-12,27H,1H3. The summed E-state index contributed by atoms with van der Waals surface area (Å²) in [5, 5.41) is 4.56. The average Bonchev–Trinajstić information content (AvgIpc) is 3.00. The van der Waals surface area contributed by atoms with Gasteiger partial charge in [0.25, 0.3) is 11.8 Å². The largest absolute Gasteiger partial charge is 0.495 e. The van der Waals surface area contributed by atoms with Crippen molar-refractivity contribution in [3.63, 3.8) is 0 Å². The number of benzene rings is 3. The fourth-order valence-electron chi connectivity index (χ4n) is 3.07. The van der Waals surface area contributed by atoms with Crippen molar-refractivity contribution in [1.82, 2.24) is 0 Å². The molecule has 32 heavy (non-hydrogen) atoms. The van der Waals surface area contributed by atoms with Gasteiger partial charge >= 0.3 is 0 Å². The number of methoxy groups -OCH3 is 1. The van der Waals surface area contributed by atoms with E-state index >= 15 is 0 Å². The number of hydrogen-bond acceptors (Lipinski definition) is 5. The number of rotatable bonds is 6. The minimum Gasteiger partial charge on any atom is -0.495 e. The number of amides is 2. The van der Waals surface area contributed by atoms with Gasteiger partial charge in [-0.1, -0.05) is 46.6 Å². The molecular formula is C23H15Cl3N2O3S. The average molecular weight is 506 g/mol. The third-order valence-electron chi connectivity index (χ3n) is 4.57. The molecule has 0 fully saturated rings. The van der Waals surface area contributed by atoms with Crippen molar-refractivity contribution in [2.75, 3.05) is 17.3 Å². The van der Waals surface area contributed by atoms with E-state index < -0.39 is 11.8 Å². The summed E-state index contributed by atoms with van der Waals surface area (Å²) in [6.07, 6.45) is 0. The molecule has 1 aliphatic heterocycles. The monoisotopic (exact) mass is 504 g/mol. The highest BCUT2D eigenvalue weighted by molar-refractivity contribution is 8.04. The van der Waals surface area contributed by atoms with Crippen LogP contribution in [-0.2, 0) is 9.59 Å². The van der Waals surface area contributed by atoms with Crippen LogP contribution in [0, 0.1) is 0 Å². The lowest BCUT2D eigenvalue weighted by atomic mass is 10.2. The Balaban J connectivity index is 1.78. The summed E-state index contributed by atoms with van der Waals surface area (Å²) in [7, 11) is 1.46. The van der Waals surface area contributed by atoms with Crippen molar-refractivity contribution in [2.45, 2.75) is 4.90 Å². The predicted octanol–water partition coefficient (Wildman–Crippen LogP) is 6.64. The van der Waals surface area contributed by atoms with Gasteiger partial charge in [0.1, 0.15) is 16.4 Å². The number of carbonyl (C=O) groups excluding carboxylic acids is 2. The molecule has 1 aliphatic rings. The number of nitrogens with one attached hydrogen (secondary N) is 1. The number of imide groups is 1. The Morgan fingerprint density at radius 1 is 0.812 bits per heavy atom. The third-order valence-corrected chi connectivity index (χ3v) is 6.40. The van der Waals surface area contributed by atoms with Gasteiger partial charge in [0.2, 0.25) is 0 Å². The third kappa shape index (κ3) is 4.59. The van der Waals surface area contributed by atoms with Gasteiger partial charge in [0.15, 0.2) is 0 Å². The van der Waals surface area contributed by atoms with Crippen LogP contribution in [0.5, 0.6) is 5.75 Å². The van der Waals surface area contributed by atoms with Gasteiger partial charge in [-0.2, -0.15) is 0 Å². The Bertz CT molecular complexity index is 1160. The topological polar surface area (TPSA) is 58.6 Å². The van der Waals surface area contributed by atoms with Gasteiger partial charge in [-0.05, 0) is 66.7 Å². The number of carbonyl (C=O) groups is 2. The van der Waals surface area contributed by atoms with Crippen LogP contribution in [0.1, 0.15) is 0 Å². The van der Waals surface area contributed by atoms with E-state index in [2.05, 4.69) is 5.32 Å². The summed E-state index contributed by atoms with van der Waals surface area (Å²) in [6.45, 7) is 0. The van der Waals surface area contributed by atoms with Crippen LogP contribution in [0.25, 0.3) is 0 Å². The molecule has 0 aromatic heterocycles. The molecule has 4 rings (SSSR count). The number of anilines is 2. The van der Waals surface area contributed by atoms with Crippen LogP contribution in [0.4, 0.5) is 11.4 Å². The summed E-state index contributed by atoms with van der Waals surface area (Å²) in [5.74, 6) is -0.673. The van der Waals surface area contributed by atoms with E-state index in [0.717, 1.165) is 21.6 Å². The lowest BCUT2D eigenvalue weighted by Gasteiger charge is -2.18. The van der Waals surface area contributed by atoms with Gasteiger partial charge in [0.05, 0.1) is 12.8 Å². The number of thioether (sulfide) groups is 1. The molecule has 9 heteroatoms. The molecule has 1 heterocycles. The summed E-state index contributed by atoms with van der Waals surface area (Å²) in [6, 6.07) is 18.6. The minimum absolute atomic E-state index is 0.138. The summed E-state index contributed by atoms with van der Waals surface area (Å²) < 4.78 is 5.36. The van der Waals surface area contributed by atoms with Crippen molar-refractivity contribution in [3.05, 3.63) is 92.4 Å². The minimum atomic E-state index is -0.526. The van der Waals surface area contributed by atoms with E-state index in [4.69, 9.17) is 39.5 Å². The second kappa shape index (κ2) is 9.46. The van der Waals surface area contributed by atoms with Crippen molar-refractivity contribution >= 4 is 69.8 Å². The lowest BCUT2D eigenvalue weighted by Crippen LogP contribution is -2.32. The normalized spacial score (nSPS) is 13.7. The van der Waals surface area contributed by atoms with Gasteiger partial charge in [0, 0.05) is 25.7 Å². The van der Waals surface area contributed by atoms with Crippen molar-refractivity contribution in [3.8, 4) is 5.75 Å². The first-order valence-corrected chi connectivity index (χ1v) is 11.2. The number of ether oxygens (including phenoxy) is 1. The molecule has 0 aliphatic carbocycles. The van der Waals surface area contributed by atoms with Crippen LogP contribution in [-0.4, -0.2) is 18.9 Å². The highest BCUT2D eigenvalue weighted by Crippen LogP contribution is 2.41. The molecule has 0 spiro atoms. The molecule has 0 saturated carbocycles. The molecule has 162 valence electrons. The first-order valence-electron chi connectivity index (χ1n) is 9.30. The first kappa shape index (κ1) is 22.6. The van der Waals surface area contributed by atoms with Crippen molar-refractivity contribution in [2.24, 2.45) is 0 Å². The zero-order valence-electron chi connectivity index (χ0n) is 16.6. The zero-order valence-corrected chi connectivity index (χ0v) is 19.6. The van der Waals surface area contributed by atoms with Crippen LogP contribution < -0.4 is 15.0 Å². The Morgan fingerprint density at radius 2 is 1.41 bits per heavy atom. The summed E-state index contributed by atoms with van der Waals surface area (Å²) in [4.78, 5) is 28.9. The second-order valence-corrected chi connectivity index (χ2v) is 9.05. The number of nitrogens with zero attached hydrogens (tertiary/aromatic N) is 1. The van der Waals surface area contributed by atoms with Crippen LogP contribution in [0.15, 0.2) is 82.2 Å².